The molecule has 3 rings (SSSR count). The quantitative estimate of drug-likeness (QED) is 0.400. The highest BCUT2D eigenvalue weighted by molar-refractivity contribution is 7.99. The maximum Gasteiger partial charge on any atom is 0.341 e. The third-order valence-electron chi connectivity index (χ3n) is 4.63. The number of thioether (sulfide) groups is 1. The van der Waals surface area contributed by atoms with E-state index in [0.717, 1.165) is 16.0 Å². The Labute approximate surface area is 189 Å². The Bertz CT molecular complexity index is 1110. The van der Waals surface area contributed by atoms with Crippen LogP contribution in [0.25, 0.3) is 11.4 Å². The van der Waals surface area contributed by atoms with Crippen LogP contribution in [0.15, 0.2) is 29.4 Å². The molecule has 0 aliphatic carbocycles. The third kappa shape index (κ3) is 4.91. The van der Waals surface area contributed by atoms with E-state index in [1.807, 2.05) is 49.7 Å². The zero-order chi connectivity index (χ0) is 22.5. The van der Waals surface area contributed by atoms with Gasteiger partial charge in [-0.2, -0.15) is 0 Å². The molecule has 0 saturated heterocycles. The van der Waals surface area contributed by atoms with Gasteiger partial charge in [-0.1, -0.05) is 23.9 Å². The number of carbonyl (C=O) groups is 2. The second-order valence-corrected chi connectivity index (χ2v) is 8.78. The number of benzene rings is 1. The van der Waals surface area contributed by atoms with Gasteiger partial charge in [0.25, 0.3) is 0 Å². The normalized spacial score (nSPS) is 10.7. The molecule has 3 aromatic rings. The van der Waals surface area contributed by atoms with E-state index in [2.05, 4.69) is 15.5 Å². The van der Waals surface area contributed by atoms with Gasteiger partial charge in [0.05, 0.1) is 30.6 Å². The number of amides is 1. The van der Waals surface area contributed by atoms with Crippen molar-refractivity contribution in [1.29, 1.82) is 0 Å². The van der Waals surface area contributed by atoms with Crippen LogP contribution in [-0.2, 0) is 16.6 Å². The molecule has 0 atom stereocenters. The maximum absolute atomic E-state index is 12.6. The van der Waals surface area contributed by atoms with Crippen molar-refractivity contribution >= 4 is 40.0 Å². The molecule has 10 heteroatoms. The van der Waals surface area contributed by atoms with Gasteiger partial charge in [-0.25, -0.2) is 4.79 Å². The second-order valence-electron chi connectivity index (χ2n) is 6.61. The number of nitrogens with zero attached hydrogens (tertiary/aromatic N) is 3. The average Bonchev–Trinajstić information content (AvgIpc) is 3.25. The van der Waals surface area contributed by atoms with E-state index >= 15 is 0 Å². The van der Waals surface area contributed by atoms with Crippen molar-refractivity contribution in [2.75, 3.05) is 24.8 Å². The van der Waals surface area contributed by atoms with Gasteiger partial charge < -0.3 is 19.4 Å². The predicted molar refractivity (Wildman–Crippen MR) is 122 cm³/mol. The summed E-state index contributed by atoms with van der Waals surface area (Å²) in [7, 11) is 3.45. The smallest absolute Gasteiger partial charge is 0.341 e. The van der Waals surface area contributed by atoms with E-state index in [0.29, 0.717) is 27.3 Å². The molecule has 0 spiro atoms. The SMILES string of the molecule is CCOC(=O)c1c(NC(=O)CSc2nnc(-c3ccccc3OC)n2C)sc(C)c1C. The van der Waals surface area contributed by atoms with Gasteiger partial charge >= 0.3 is 5.97 Å². The minimum atomic E-state index is -0.429. The Morgan fingerprint density at radius 1 is 1.23 bits per heavy atom. The Hall–Kier alpha value is -2.85. The molecule has 31 heavy (non-hydrogen) atoms. The Balaban J connectivity index is 1.71. The summed E-state index contributed by atoms with van der Waals surface area (Å²) in [4.78, 5) is 25.8. The highest BCUT2D eigenvalue weighted by Gasteiger charge is 2.22. The number of hydrogen-bond donors (Lipinski definition) is 1. The van der Waals surface area contributed by atoms with Gasteiger partial charge in [0, 0.05) is 11.9 Å². The van der Waals surface area contributed by atoms with Gasteiger partial charge in [0.15, 0.2) is 11.0 Å². The number of esters is 1. The summed E-state index contributed by atoms with van der Waals surface area (Å²) in [5, 5.41) is 12.4. The fourth-order valence-corrected chi connectivity index (χ4v) is 4.74. The first-order chi connectivity index (χ1) is 14.9. The van der Waals surface area contributed by atoms with E-state index in [1.165, 1.54) is 23.1 Å². The lowest BCUT2D eigenvalue weighted by Crippen LogP contribution is -2.16. The number of ether oxygens (including phenoxy) is 2. The lowest BCUT2D eigenvalue weighted by molar-refractivity contribution is -0.113. The largest absolute Gasteiger partial charge is 0.496 e. The number of nitrogens with one attached hydrogen (secondary N) is 1. The number of rotatable bonds is 8. The fourth-order valence-electron chi connectivity index (χ4n) is 2.96. The number of carbonyl (C=O) groups excluding carboxylic acids is 2. The van der Waals surface area contributed by atoms with Gasteiger partial charge in [0.1, 0.15) is 10.8 Å². The number of methoxy groups -OCH3 is 1. The molecule has 2 aromatic heterocycles. The standard InChI is InChI=1S/C21H24N4O4S2/c1-6-29-20(27)17-12(2)13(3)31-19(17)22-16(26)11-30-21-24-23-18(25(21)4)14-9-7-8-10-15(14)28-5/h7-10H,6,11H2,1-5H3,(H,22,26). The minimum absolute atomic E-state index is 0.121. The zero-order valence-corrected chi connectivity index (χ0v) is 19.6. The molecule has 0 aliphatic rings. The maximum atomic E-state index is 12.6. The molecule has 1 N–H and O–H groups in total. The first-order valence-electron chi connectivity index (χ1n) is 9.59. The summed E-state index contributed by atoms with van der Waals surface area (Å²) >= 11 is 2.63. The van der Waals surface area contributed by atoms with Crippen molar-refractivity contribution in [2.45, 2.75) is 25.9 Å². The molecule has 2 heterocycles. The van der Waals surface area contributed by atoms with Crippen LogP contribution in [0.5, 0.6) is 5.75 Å². The average molecular weight is 461 g/mol. The van der Waals surface area contributed by atoms with E-state index in [-0.39, 0.29) is 18.3 Å². The van der Waals surface area contributed by atoms with E-state index in [4.69, 9.17) is 9.47 Å². The Kier molecular flexibility index (Phi) is 7.34. The lowest BCUT2D eigenvalue weighted by atomic mass is 10.1. The summed E-state index contributed by atoms with van der Waals surface area (Å²) < 4.78 is 12.4. The van der Waals surface area contributed by atoms with Gasteiger partial charge in [-0.3, -0.25) is 4.79 Å². The summed E-state index contributed by atoms with van der Waals surface area (Å²) in [6.07, 6.45) is 0. The fraction of sp³-hybridized carbons (Fsp3) is 0.333. The number of hydrogen-bond acceptors (Lipinski definition) is 8. The molecule has 1 amide bonds. The minimum Gasteiger partial charge on any atom is -0.496 e. The van der Waals surface area contributed by atoms with E-state index in [1.54, 1.807) is 14.0 Å². The Morgan fingerprint density at radius 3 is 2.68 bits per heavy atom. The number of thiophene rings is 1. The van der Waals surface area contributed by atoms with Crippen LogP contribution in [-0.4, -0.2) is 46.1 Å². The van der Waals surface area contributed by atoms with Crippen LogP contribution in [0.3, 0.4) is 0 Å². The van der Waals surface area contributed by atoms with E-state index in [9.17, 15) is 9.59 Å². The molecule has 0 fully saturated rings. The first-order valence-corrected chi connectivity index (χ1v) is 11.4. The number of aryl methyl sites for hydroxylation is 1. The Morgan fingerprint density at radius 2 is 1.97 bits per heavy atom. The van der Waals surface area contributed by atoms with Gasteiger partial charge in [0.2, 0.25) is 5.91 Å². The first kappa shape index (κ1) is 22.8. The van der Waals surface area contributed by atoms with Crippen LogP contribution >= 0.6 is 23.1 Å². The second kappa shape index (κ2) is 9.97. The van der Waals surface area contributed by atoms with Crippen molar-refractivity contribution in [3.8, 4) is 17.1 Å². The van der Waals surface area contributed by atoms with Crippen molar-refractivity contribution in [2.24, 2.45) is 7.05 Å². The molecule has 1 aromatic carbocycles. The summed E-state index contributed by atoms with van der Waals surface area (Å²) in [5.74, 6) is 0.799. The zero-order valence-electron chi connectivity index (χ0n) is 18.0. The van der Waals surface area contributed by atoms with Gasteiger partial charge in [-0.05, 0) is 38.5 Å². The molecular formula is C21H24N4O4S2. The molecular weight excluding hydrogens is 436 g/mol. The van der Waals surface area contributed by atoms with Crippen LogP contribution in [0.2, 0.25) is 0 Å². The molecule has 0 radical (unpaired) electrons. The van der Waals surface area contributed by atoms with Crippen molar-refractivity contribution in [3.05, 3.63) is 40.3 Å². The van der Waals surface area contributed by atoms with Gasteiger partial charge in [-0.15, -0.1) is 21.5 Å². The molecule has 0 saturated carbocycles. The number of aromatic nitrogens is 3. The van der Waals surface area contributed by atoms with Crippen LogP contribution < -0.4 is 10.1 Å². The third-order valence-corrected chi connectivity index (χ3v) is 6.78. The topological polar surface area (TPSA) is 95.3 Å². The van der Waals surface area contributed by atoms with Crippen molar-refractivity contribution in [1.82, 2.24) is 14.8 Å². The lowest BCUT2D eigenvalue weighted by Gasteiger charge is -2.08. The highest BCUT2D eigenvalue weighted by atomic mass is 32.2. The number of para-hydroxylation sites is 1. The summed E-state index contributed by atoms with van der Waals surface area (Å²) in [6, 6.07) is 7.55. The van der Waals surface area contributed by atoms with E-state index < -0.39 is 5.97 Å². The number of anilines is 1. The highest BCUT2D eigenvalue weighted by Crippen LogP contribution is 2.34. The van der Waals surface area contributed by atoms with Crippen molar-refractivity contribution in [3.63, 3.8) is 0 Å². The molecule has 8 nitrogen and oxygen atoms in total. The molecule has 164 valence electrons. The molecule has 0 bridgehead atoms. The van der Waals surface area contributed by atoms with Crippen LogP contribution in [0.1, 0.15) is 27.7 Å². The monoisotopic (exact) mass is 460 g/mol. The summed E-state index contributed by atoms with van der Waals surface area (Å²) in [5.41, 5.74) is 2.06. The van der Waals surface area contributed by atoms with Crippen LogP contribution in [0, 0.1) is 13.8 Å². The van der Waals surface area contributed by atoms with Crippen molar-refractivity contribution < 1.29 is 19.1 Å². The summed E-state index contributed by atoms with van der Waals surface area (Å²) in [6.45, 7) is 5.78. The predicted octanol–water partition coefficient (Wildman–Crippen LogP) is 4.08. The van der Waals surface area contributed by atoms with Crippen LogP contribution in [0.4, 0.5) is 5.00 Å². The molecule has 0 aliphatic heterocycles. The molecule has 0 unspecified atom stereocenters.